The van der Waals surface area contributed by atoms with Gasteiger partial charge in [0.15, 0.2) is 23.0 Å². The molecular weight excluding hydrogens is 741 g/mol. The number of benzene rings is 5. The minimum absolute atomic E-state index is 0.00488. The second-order valence-corrected chi connectivity index (χ2v) is 15.3. The first-order chi connectivity index (χ1) is 28.9. The van der Waals surface area contributed by atoms with Crippen molar-refractivity contribution in [1.82, 2.24) is 9.80 Å². The van der Waals surface area contributed by atoms with Crippen LogP contribution in [0.4, 0.5) is 4.79 Å². The van der Waals surface area contributed by atoms with Gasteiger partial charge in [0.2, 0.25) is 5.91 Å². The van der Waals surface area contributed by atoms with Gasteiger partial charge in [-0.25, -0.2) is 4.79 Å². The molecule has 0 aromatic heterocycles. The minimum Gasteiger partial charge on any atom is -0.490 e. The van der Waals surface area contributed by atoms with Crippen molar-refractivity contribution in [2.75, 3.05) is 46.1 Å². The van der Waals surface area contributed by atoms with Gasteiger partial charge < -0.3 is 33.5 Å². The van der Waals surface area contributed by atoms with Gasteiger partial charge in [0.25, 0.3) is 0 Å². The molecule has 9 heteroatoms. The summed E-state index contributed by atoms with van der Waals surface area (Å²) in [6.07, 6.45) is 1.91. The van der Waals surface area contributed by atoms with Crippen LogP contribution in [0.15, 0.2) is 97.1 Å². The lowest BCUT2D eigenvalue weighted by molar-refractivity contribution is -0.133. The first kappa shape index (κ1) is 39.8. The maximum atomic E-state index is 14.7. The van der Waals surface area contributed by atoms with E-state index in [2.05, 4.69) is 66.7 Å². The van der Waals surface area contributed by atoms with Crippen molar-refractivity contribution in [2.45, 2.75) is 71.9 Å². The van der Waals surface area contributed by atoms with E-state index in [-0.39, 0.29) is 37.0 Å². The second-order valence-electron chi connectivity index (χ2n) is 15.3. The largest absolute Gasteiger partial charge is 0.490 e. The number of nitrogens with zero attached hydrogens (tertiary/aromatic N) is 2. The Balaban J connectivity index is 1.01. The van der Waals surface area contributed by atoms with Gasteiger partial charge in [-0.15, -0.1) is 0 Å². The fourth-order valence-corrected chi connectivity index (χ4v) is 9.17. The summed E-state index contributed by atoms with van der Waals surface area (Å²) in [5, 5.41) is 0. The van der Waals surface area contributed by atoms with E-state index in [0.29, 0.717) is 82.6 Å². The van der Waals surface area contributed by atoms with E-state index < -0.39 is 0 Å². The molecule has 0 radical (unpaired) electrons. The van der Waals surface area contributed by atoms with Gasteiger partial charge in [0.05, 0.1) is 38.9 Å². The van der Waals surface area contributed by atoms with Gasteiger partial charge in [-0.3, -0.25) is 4.79 Å². The van der Waals surface area contributed by atoms with Crippen molar-refractivity contribution in [3.05, 3.63) is 142 Å². The van der Waals surface area contributed by atoms with Crippen LogP contribution in [0.2, 0.25) is 0 Å². The number of amides is 2. The lowest BCUT2D eigenvalue weighted by Crippen LogP contribution is -2.42. The lowest BCUT2D eigenvalue weighted by atomic mass is 9.87. The van der Waals surface area contributed by atoms with Crippen LogP contribution < -0.4 is 18.9 Å². The van der Waals surface area contributed by atoms with Crippen LogP contribution in [-0.2, 0) is 41.8 Å². The molecule has 2 aliphatic heterocycles. The first-order valence-electron chi connectivity index (χ1n) is 21.2. The Hall–Kier alpha value is -5.96. The van der Waals surface area contributed by atoms with E-state index in [0.717, 1.165) is 39.1 Å². The van der Waals surface area contributed by atoms with Gasteiger partial charge in [0.1, 0.15) is 6.61 Å². The molecule has 8 rings (SSSR count). The third-order valence-corrected chi connectivity index (χ3v) is 11.8. The normalized spacial score (nSPS) is 15.4. The highest BCUT2D eigenvalue weighted by Gasteiger charge is 2.34. The molecular formula is C50H54N2O7. The number of carbonyl (C=O) groups is 2. The Morgan fingerprint density at radius 1 is 0.627 bits per heavy atom. The number of hydrogen-bond acceptors (Lipinski definition) is 7. The molecule has 1 atom stereocenters. The molecule has 0 saturated carbocycles. The topological polar surface area (TPSA) is 86.8 Å². The maximum absolute atomic E-state index is 14.7. The van der Waals surface area contributed by atoms with Crippen molar-refractivity contribution in [3.8, 4) is 34.1 Å². The molecule has 0 N–H and O–H groups in total. The Labute approximate surface area is 347 Å². The highest BCUT2D eigenvalue weighted by Crippen LogP contribution is 2.45. The average Bonchev–Trinajstić information content (AvgIpc) is 3.57. The van der Waals surface area contributed by atoms with Crippen LogP contribution in [0.5, 0.6) is 23.0 Å². The second kappa shape index (κ2) is 17.9. The molecule has 1 aliphatic carbocycles. The monoisotopic (exact) mass is 794 g/mol. The maximum Gasteiger partial charge on any atom is 0.410 e. The molecule has 3 aliphatic rings. The van der Waals surface area contributed by atoms with Gasteiger partial charge >= 0.3 is 6.09 Å². The van der Waals surface area contributed by atoms with Gasteiger partial charge in [-0.05, 0) is 127 Å². The van der Waals surface area contributed by atoms with Crippen LogP contribution in [0.3, 0.4) is 0 Å². The molecule has 9 nitrogen and oxygen atoms in total. The Morgan fingerprint density at radius 2 is 1.27 bits per heavy atom. The van der Waals surface area contributed by atoms with E-state index in [4.69, 9.17) is 23.7 Å². The van der Waals surface area contributed by atoms with Crippen LogP contribution in [0.25, 0.3) is 11.1 Å². The van der Waals surface area contributed by atoms with Crippen molar-refractivity contribution in [3.63, 3.8) is 0 Å². The van der Waals surface area contributed by atoms with Crippen LogP contribution in [0, 0.1) is 0 Å². The summed E-state index contributed by atoms with van der Waals surface area (Å²) in [5.74, 6) is 2.90. The van der Waals surface area contributed by atoms with Crippen LogP contribution in [0.1, 0.15) is 84.2 Å². The molecule has 0 spiro atoms. The smallest absolute Gasteiger partial charge is 0.410 e. The van der Waals surface area contributed by atoms with Crippen molar-refractivity contribution >= 4 is 12.0 Å². The minimum atomic E-state index is -0.311. The quantitative estimate of drug-likeness (QED) is 0.111. The molecule has 59 heavy (non-hydrogen) atoms. The standard InChI is InChI=1S/C50H54N2O7/c1-5-55-45-21-20-33(27-46(45)56-6-2)26-44-42-30-48(58-8-4)47(57-7-3)28-35(42)22-25-52(44)49(53)29-34-14-13-15-36-31-51(24-23-37(34)36)50(54)59-32-43-40-18-11-9-16-38(40)39-17-10-12-19-41(39)43/h9-21,27-28,30,43-44H,5-8,22-26,29,31-32H2,1-4H3. The zero-order chi connectivity index (χ0) is 40.9. The molecule has 1 unspecified atom stereocenters. The van der Waals surface area contributed by atoms with Crippen LogP contribution in [-0.4, -0.2) is 67.9 Å². The van der Waals surface area contributed by atoms with Crippen LogP contribution >= 0.6 is 0 Å². The average molecular weight is 795 g/mol. The summed E-state index contributed by atoms with van der Waals surface area (Å²) >= 11 is 0. The van der Waals surface area contributed by atoms with Crippen molar-refractivity contribution < 1.29 is 33.3 Å². The van der Waals surface area contributed by atoms with E-state index in [1.807, 2.05) is 62.9 Å². The van der Waals surface area contributed by atoms with E-state index >= 15 is 0 Å². The summed E-state index contributed by atoms with van der Waals surface area (Å²) in [6.45, 7) is 11.8. The summed E-state index contributed by atoms with van der Waals surface area (Å²) in [5.41, 5.74) is 11.3. The van der Waals surface area contributed by atoms with E-state index in [1.165, 1.54) is 22.3 Å². The summed E-state index contributed by atoms with van der Waals surface area (Å²) in [6, 6.07) is 32.9. The predicted octanol–water partition coefficient (Wildman–Crippen LogP) is 9.50. The van der Waals surface area contributed by atoms with Gasteiger partial charge in [-0.1, -0.05) is 72.8 Å². The Morgan fingerprint density at radius 3 is 1.97 bits per heavy atom. The summed E-state index contributed by atoms with van der Waals surface area (Å²) < 4.78 is 30.0. The lowest BCUT2D eigenvalue weighted by Gasteiger charge is -2.38. The number of hydrogen-bond donors (Lipinski definition) is 0. The number of carbonyl (C=O) groups excluding carboxylic acids is 2. The first-order valence-corrected chi connectivity index (χ1v) is 21.2. The van der Waals surface area contributed by atoms with Gasteiger partial charge in [0, 0.05) is 25.6 Å². The van der Waals surface area contributed by atoms with Gasteiger partial charge in [-0.2, -0.15) is 0 Å². The molecule has 306 valence electrons. The number of fused-ring (bicyclic) bond motifs is 5. The summed E-state index contributed by atoms with van der Waals surface area (Å²) in [4.78, 5) is 32.1. The fraction of sp³-hybridized carbons (Fsp3) is 0.360. The van der Waals surface area contributed by atoms with Crippen molar-refractivity contribution in [2.24, 2.45) is 0 Å². The highest BCUT2D eigenvalue weighted by molar-refractivity contribution is 5.81. The van der Waals surface area contributed by atoms with E-state index in [1.54, 1.807) is 4.90 Å². The fourth-order valence-electron chi connectivity index (χ4n) is 9.17. The number of rotatable bonds is 14. The van der Waals surface area contributed by atoms with Crippen molar-refractivity contribution in [1.29, 1.82) is 0 Å². The Kier molecular flexibility index (Phi) is 12.1. The number of ether oxygens (including phenoxy) is 5. The SMILES string of the molecule is CCOc1ccc(CC2c3cc(OCC)c(OCC)cc3CCN2C(=O)Cc2cccc3c2CCN(C(=O)OCC2c4ccccc4-c4ccccc42)C3)cc1OCC. The molecule has 5 aromatic carbocycles. The molecule has 0 bridgehead atoms. The molecule has 5 aromatic rings. The third-order valence-electron chi connectivity index (χ3n) is 11.8. The molecule has 2 heterocycles. The van der Waals surface area contributed by atoms with E-state index in [9.17, 15) is 9.59 Å². The summed E-state index contributed by atoms with van der Waals surface area (Å²) in [7, 11) is 0. The highest BCUT2D eigenvalue weighted by atomic mass is 16.6. The third kappa shape index (κ3) is 8.20. The molecule has 0 saturated heterocycles. The molecule has 2 amide bonds. The predicted molar refractivity (Wildman–Crippen MR) is 229 cm³/mol. The zero-order valence-electron chi connectivity index (χ0n) is 34.6. The zero-order valence-corrected chi connectivity index (χ0v) is 34.6. The Bertz CT molecular complexity index is 2280. The molecule has 0 fully saturated rings.